The number of hydrogen-bond donors (Lipinski definition) is 4. The van der Waals surface area contributed by atoms with E-state index in [1.807, 2.05) is 13.8 Å². The SMILES string of the molecule is Cc1nc(NC(=O)N[C@H](CCC(N)=O)C(=O)O)sc1C. The number of carboxylic acids is 1. The first-order valence-electron chi connectivity index (χ1n) is 5.82. The molecule has 1 atom stereocenters. The molecule has 0 aliphatic heterocycles. The second kappa shape index (κ2) is 6.85. The Bertz CT molecular complexity index is 509. The molecule has 5 N–H and O–H groups in total. The van der Waals surface area contributed by atoms with Crippen molar-refractivity contribution in [3.63, 3.8) is 0 Å². The first-order chi connectivity index (χ1) is 9.29. The van der Waals surface area contributed by atoms with Gasteiger partial charge in [-0.05, 0) is 20.3 Å². The van der Waals surface area contributed by atoms with Gasteiger partial charge in [0, 0.05) is 11.3 Å². The summed E-state index contributed by atoms with van der Waals surface area (Å²) in [6.45, 7) is 3.67. The van der Waals surface area contributed by atoms with Gasteiger partial charge in [0.15, 0.2) is 5.13 Å². The van der Waals surface area contributed by atoms with Gasteiger partial charge in [0.25, 0.3) is 0 Å². The maximum Gasteiger partial charge on any atom is 0.326 e. The van der Waals surface area contributed by atoms with Crippen LogP contribution in [0.4, 0.5) is 9.93 Å². The number of primary amides is 1. The minimum absolute atomic E-state index is 0.0615. The van der Waals surface area contributed by atoms with Gasteiger partial charge >= 0.3 is 12.0 Å². The maximum absolute atomic E-state index is 11.7. The Morgan fingerprint density at radius 1 is 1.40 bits per heavy atom. The van der Waals surface area contributed by atoms with Gasteiger partial charge in [-0.1, -0.05) is 0 Å². The van der Waals surface area contributed by atoms with E-state index in [4.69, 9.17) is 10.8 Å². The van der Waals surface area contributed by atoms with Gasteiger partial charge in [-0.15, -0.1) is 11.3 Å². The molecule has 0 aliphatic carbocycles. The second-order valence-electron chi connectivity index (χ2n) is 4.15. The van der Waals surface area contributed by atoms with Crippen molar-refractivity contribution in [3.8, 4) is 0 Å². The summed E-state index contributed by atoms with van der Waals surface area (Å²) in [5.74, 6) is -1.85. The lowest BCUT2D eigenvalue weighted by molar-refractivity contribution is -0.139. The molecule has 0 aromatic carbocycles. The van der Waals surface area contributed by atoms with Crippen LogP contribution >= 0.6 is 11.3 Å². The minimum Gasteiger partial charge on any atom is -0.480 e. The number of aliphatic carboxylic acids is 1. The van der Waals surface area contributed by atoms with Gasteiger partial charge < -0.3 is 16.2 Å². The average molecular weight is 300 g/mol. The molecule has 0 spiro atoms. The van der Waals surface area contributed by atoms with Crippen molar-refractivity contribution in [2.24, 2.45) is 5.73 Å². The number of carbonyl (C=O) groups is 3. The fourth-order valence-electron chi connectivity index (χ4n) is 1.36. The number of aromatic nitrogens is 1. The zero-order valence-electron chi connectivity index (χ0n) is 11.1. The number of nitrogens with two attached hydrogens (primary N) is 1. The lowest BCUT2D eigenvalue weighted by Gasteiger charge is -2.13. The van der Waals surface area contributed by atoms with Crippen molar-refractivity contribution in [2.75, 3.05) is 5.32 Å². The van der Waals surface area contributed by atoms with E-state index in [1.54, 1.807) is 0 Å². The monoisotopic (exact) mass is 300 g/mol. The van der Waals surface area contributed by atoms with E-state index in [1.165, 1.54) is 11.3 Å². The highest BCUT2D eigenvalue weighted by Gasteiger charge is 2.21. The molecule has 9 heteroatoms. The lowest BCUT2D eigenvalue weighted by Crippen LogP contribution is -2.43. The van der Waals surface area contributed by atoms with E-state index in [0.29, 0.717) is 5.13 Å². The van der Waals surface area contributed by atoms with Crippen molar-refractivity contribution in [1.29, 1.82) is 0 Å². The molecule has 8 nitrogen and oxygen atoms in total. The number of anilines is 1. The summed E-state index contributed by atoms with van der Waals surface area (Å²) in [6, 6.07) is -1.86. The van der Waals surface area contributed by atoms with E-state index in [9.17, 15) is 14.4 Å². The average Bonchev–Trinajstić information content (AvgIpc) is 2.62. The quantitative estimate of drug-likeness (QED) is 0.610. The summed E-state index contributed by atoms with van der Waals surface area (Å²) >= 11 is 1.29. The van der Waals surface area contributed by atoms with Crippen LogP contribution in [0.3, 0.4) is 0 Å². The van der Waals surface area contributed by atoms with Crippen molar-refractivity contribution < 1.29 is 19.5 Å². The van der Waals surface area contributed by atoms with E-state index in [2.05, 4.69) is 15.6 Å². The molecule has 1 rings (SSSR count). The van der Waals surface area contributed by atoms with Crippen LogP contribution in [0.5, 0.6) is 0 Å². The Morgan fingerprint density at radius 3 is 2.50 bits per heavy atom. The molecule has 0 radical (unpaired) electrons. The van der Waals surface area contributed by atoms with Crippen LogP contribution in [0, 0.1) is 13.8 Å². The summed E-state index contributed by atoms with van der Waals surface area (Å²) in [4.78, 5) is 38.3. The molecule has 1 aromatic rings. The first-order valence-corrected chi connectivity index (χ1v) is 6.64. The smallest absolute Gasteiger partial charge is 0.326 e. The Balaban J connectivity index is 2.57. The van der Waals surface area contributed by atoms with E-state index in [-0.39, 0.29) is 12.8 Å². The number of carboxylic acid groups (broad SMARTS) is 1. The first kappa shape index (κ1) is 15.9. The van der Waals surface area contributed by atoms with Gasteiger partial charge in [-0.2, -0.15) is 0 Å². The Morgan fingerprint density at radius 2 is 2.05 bits per heavy atom. The fourth-order valence-corrected chi connectivity index (χ4v) is 2.17. The molecule has 0 aliphatic rings. The van der Waals surface area contributed by atoms with Crippen molar-refractivity contribution in [2.45, 2.75) is 32.7 Å². The zero-order valence-corrected chi connectivity index (χ0v) is 11.9. The van der Waals surface area contributed by atoms with Crippen molar-refractivity contribution in [1.82, 2.24) is 10.3 Å². The Labute approximate surface area is 119 Å². The zero-order chi connectivity index (χ0) is 15.3. The molecule has 0 fully saturated rings. The Hall–Kier alpha value is -2.16. The predicted octanol–water partition coefficient (Wildman–Crippen LogP) is 0.600. The van der Waals surface area contributed by atoms with Crippen LogP contribution in [-0.4, -0.2) is 34.0 Å². The predicted molar refractivity (Wildman–Crippen MR) is 73.6 cm³/mol. The number of nitrogens with one attached hydrogen (secondary N) is 2. The maximum atomic E-state index is 11.7. The van der Waals surface area contributed by atoms with E-state index < -0.39 is 23.9 Å². The van der Waals surface area contributed by atoms with E-state index in [0.717, 1.165) is 10.6 Å². The highest BCUT2D eigenvalue weighted by molar-refractivity contribution is 7.15. The molecule has 110 valence electrons. The second-order valence-corrected chi connectivity index (χ2v) is 5.36. The topological polar surface area (TPSA) is 134 Å². The number of urea groups is 1. The number of aryl methyl sites for hydroxylation is 2. The highest BCUT2D eigenvalue weighted by Crippen LogP contribution is 2.20. The largest absolute Gasteiger partial charge is 0.480 e. The molecule has 20 heavy (non-hydrogen) atoms. The van der Waals surface area contributed by atoms with Crippen LogP contribution in [-0.2, 0) is 9.59 Å². The number of thiazole rings is 1. The summed E-state index contributed by atoms with van der Waals surface area (Å²) in [5.41, 5.74) is 5.75. The van der Waals surface area contributed by atoms with Crippen molar-refractivity contribution in [3.05, 3.63) is 10.6 Å². The van der Waals surface area contributed by atoms with Gasteiger partial charge in [-0.25, -0.2) is 14.6 Å². The third kappa shape index (κ3) is 4.84. The molecule has 0 unspecified atom stereocenters. The molecule has 1 heterocycles. The van der Waals surface area contributed by atoms with Gasteiger partial charge in [0.1, 0.15) is 6.04 Å². The van der Waals surface area contributed by atoms with Gasteiger partial charge in [0.05, 0.1) is 5.69 Å². The minimum atomic E-state index is -1.23. The molecule has 0 saturated heterocycles. The number of amides is 3. The van der Waals surface area contributed by atoms with E-state index >= 15 is 0 Å². The molecule has 0 saturated carbocycles. The fraction of sp³-hybridized carbons (Fsp3) is 0.455. The number of nitrogens with zero attached hydrogens (tertiary/aromatic N) is 1. The molecule has 1 aromatic heterocycles. The molecule has 0 bridgehead atoms. The number of hydrogen-bond acceptors (Lipinski definition) is 5. The molecule has 3 amide bonds. The van der Waals surface area contributed by atoms with Crippen LogP contribution in [0.1, 0.15) is 23.4 Å². The normalized spacial score (nSPS) is 11.7. The lowest BCUT2D eigenvalue weighted by atomic mass is 10.1. The highest BCUT2D eigenvalue weighted by atomic mass is 32.1. The van der Waals surface area contributed by atoms with Gasteiger partial charge in [0.2, 0.25) is 5.91 Å². The van der Waals surface area contributed by atoms with Crippen LogP contribution < -0.4 is 16.4 Å². The summed E-state index contributed by atoms with van der Waals surface area (Å²) in [6.07, 6.45) is -0.180. The van der Waals surface area contributed by atoms with Crippen LogP contribution in [0.15, 0.2) is 0 Å². The van der Waals surface area contributed by atoms with Crippen molar-refractivity contribution >= 4 is 34.4 Å². The molecular formula is C11H16N4O4S. The number of carbonyl (C=O) groups excluding carboxylic acids is 2. The third-order valence-corrected chi connectivity index (χ3v) is 3.52. The van der Waals surface area contributed by atoms with Crippen LogP contribution in [0.25, 0.3) is 0 Å². The summed E-state index contributed by atoms with van der Waals surface area (Å²) in [7, 11) is 0. The van der Waals surface area contributed by atoms with Crippen LogP contribution in [0.2, 0.25) is 0 Å². The van der Waals surface area contributed by atoms with Gasteiger partial charge in [-0.3, -0.25) is 10.1 Å². The summed E-state index contributed by atoms with van der Waals surface area (Å²) < 4.78 is 0. The number of rotatable bonds is 6. The Kier molecular flexibility index (Phi) is 5.44. The molecular weight excluding hydrogens is 284 g/mol. The standard InChI is InChI=1S/C11H16N4O4S/c1-5-6(2)20-11(13-5)15-10(19)14-7(9(17)18)3-4-8(12)16/h7H,3-4H2,1-2H3,(H2,12,16)(H,17,18)(H2,13,14,15,19)/t7-/m1/s1. The third-order valence-electron chi connectivity index (χ3n) is 2.53. The summed E-state index contributed by atoms with van der Waals surface area (Å²) in [5, 5.41) is 14.0.